The predicted molar refractivity (Wildman–Crippen MR) is 92.1 cm³/mol. The number of rotatable bonds is 6. The molecule has 0 saturated carbocycles. The molecular weight excluding hydrogens is 334 g/mol. The lowest BCUT2D eigenvalue weighted by atomic mass is 10.3. The highest BCUT2D eigenvalue weighted by Crippen LogP contribution is 2.22. The van der Waals surface area contributed by atoms with Gasteiger partial charge in [0.2, 0.25) is 5.91 Å². The number of carbonyl (C=O) groups excluding carboxylic acids is 1. The summed E-state index contributed by atoms with van der Waals surface area (Å²) in [7, 11) is 0. The van der Waals surface area contributed by atoms with Crippen LogP contribution in [0.1, 0.15) is 5.69 Å². The fourth-order valence-corrected chi connectivity index (χ4v) is 3.00. The van der Waals surface area contributed by atoms with Gasteiger partial charge in [-0.25, -0.2) is 4.98 Å². The number of halogens is 1. The molecule has 1 aromatic carbocycles. The second-order valence-corrected chi connectivity index (χ2v) is 5.86. The van der Waals surface area contributed by atoms with Gasteiger partial charge < -0.3 is 10.1 Å². The molecule has 0 aliphatic carbocycles. The standard InChI is InChI=1S/C16H14ClN3O2S/c17-15-13(20-9-11-23-16(20)19-15)6-7-14(21)18-8-10-22-12-4-2-1-3-5-12/h1-7,9,11H,8,10H2,(H,18,21)/b7-6+. The molecule has 0 radical (unpaired) electrons. The summed E-state index contributed by atoms with van der Waals surface area (Å²) in [4.78, 5) is 16.8. The predicted octanol–water partition coefficient (Wildman–Crippen LogP) is 3.26. The van der Waals surface area contributed by atoms with Crippen LogP contribution in [0.3, 0.4) is 0 Å². The lowest BCUT2D eigenvalue weighted by Crippen LogP contribution is -2.26. The van der Waals surface area contributed by atoms with Crippen molar-refractivity contribution < 1.29 is 9.53 Å². The Kier molecular flexibility index (Phi) is 4.95. The summed E-state index contributed by atoms with van der Waals surface area (Å²) in [5, 5.41) is 5.05. The number of ether oxygens (including phenoxy) is 1. The van der Waals surface area contributed by atoms with Gasteiger partial charge >= 0.3 is 0 Å². The topological polar surface area (TPSA) is 55.6 Å². The number of aromatic nitrogens is 2. The van der Waals surface area contributed by atoms with E-state index in [1.165, 1.54) is 17.4 Å². The van der Waals surface area contributed by atoms with E-state index in [-0.39, 0.29) is 5.91 Å². The normalized spacial score (nSPS) is 11.2. The third-order valence-electron chi connectivity index (χ3n) is 3.06. The maximum Gasteiger partial charge on any atom is 0.244 e. The first-order valence-electron chi connectivity index (χ1n) is 6.99. The summed E-state index contributed by atoms with van der Waals surface area (Å²) in [5.41, 5.74) is 0.693. The second-order valence-electron chi connectivity index (χ2n) is 4.63. The molecule has 0 bridgehead atoms. The van der Waals surface area contributed by atoms with Crippen LogP contribution in [0.4, 0.5) is 0 Å². The van der Waals surface area contributed by atoms with Crippen LogP contribution in [0.25, 0.3) is 11.0 Å². The Hall–Kier alpha value is -2.31. The van der Waals surface area contributed by atoms with Gasteiger partial charge in [-0.05, 0) is 18.2 Å². The first-order valence-corrected chi connectivity index (χ1v) is 8.24. The Morgan fingerprint density at radius 1 is 1.39 bits per heavy atom. The molecule has 23 heavy (non-hydrogen) atoms. The zero-order valence-electron chi connectivity index (χ0n) is 12.1. The molecule has 1 N–H and O–H groups in total. The summed E-state index contributed by atoms with van der Waals surface area (Å²) in [6.07, 6.45) is 4.96. The van der Waals surface area contributed by atoms with Crippen molar-refractivity contribution in [1.29, 1.82) is 0 Å². The Bertz CT molecular complexity index is 826. The van der Waals surface area contributed by atoms with Gasteiger partial charge in [0.15, 0.2) is 10.1 Å². The van der Waals surface area contributed by atoms with Gasteiger partial charge in [-0.1, -0.05) is 29.8 Å². The lowest BCUT2D eigenvalue weighted by molar-refractivity contribution is -0.116. The van der Waals surface area contributed by atoms with Gasteiger partial charge in [0, 0.05) is 17.7 Å². The zero-order chi connectivity index (χ0) is 16.1. The molecule has 0 unspecified atom stereocenters. The van der Waals surface area contributed by atoms with Gasteiger partial charge in [-0.15, -0.1) is 11.3 Å². The number of hydrogen-bond acceptors (Lipinski definition) is 4. The van der Waals surface area contributed by atoms with Crippen molar-refractivity contribution in [3.63, 3.8) is 0 Å². The third kappa shape index (κ3) is 3.91. The lowest BCUT2D eigenvalue weighted by Gasteiger charge is -2.05. The van der Waals surface area contributed by atoms with Gasteiger partial charge in [0.05, 0.1) is 12.2 Å². The number of thiazole rings is 1. The summed E-state index contributed by atoms with van der Waals surface area (Å²) in [6.45, 7) is 0.831. The molecule has 3 rings (SSSR count). The van der Waals surface area contributed by atoms with Crippen LogP contribution < -0.4 is 10.1 Å². The highest BCUT2D eigenvalue weighted by Gasteiger charge is 2.08. The number of fused-ring (bicyclic) bond motifs is 1. The summed E-state index contributed by atoms with van der Waals surface area (Å²) in [5.74, 6) is 0.575. The first-order chi connectivity index (χ1) is 11.2. The number of carbonyl (C=O) groups is 1. The number of benzene rings is 1. The third-order valence-corrected chi connectivity index (χ3v) is 4.09. The maximum atomic E-state index is 11.8. The molecule has 1 amide bonds. The van der Waals surface area contributed by atoms with Crippen molar-refractivity contribution in [3.8, 4) is 5.75 Å². The van der Waals surface area contributed by atoms with Crippen molar-refractivity contribution in [2.45, 2.75) is 0 Å². The molecule has 5 nitrogen and oxygen atoms in total. The fourth-order valence-electron chi connectivity index (χ4n) is 2.00. The average Bonchev–Trinajstić information content (AvgIpc) is 3.11. The minimum Gasteiger partial charge on any atom is -0.492 e. The van der Waals surface area contributed by atoms with Crippen molar-refractivity contribution in [1.82, 2.24) is 14.7 Å². The fraction of sp³-hybridized carbons (Fsp3) is 0.125. The van der Waals surface area contributed by atoms with E-state index in [1.807, 2.05) is 46.3 Å². The van der Waals surface area contributed by atoms with E-state index in [9.17, 15) is 4.79 Å². The maximum absolute atomic E-state index is 11.8. The molecule has 3 aromatic rings. The van der Waals surface area contributed by atoms with E-state index < -0.39 is 0 Å². The number of imidazole rings is 1. The van der Waals surface area contributed by atoms with E-state index >= 15 is 0 Å². The SMILES string of the molecule is O=C(/C=C/c1c(Cl)nc2sccn12)NCCOc1ccccc1. The number of para-hydroxylation sites is 1. The molecular formula is C16H14ClN3O2S. The van der Waals surface area contributed by atoms with Crippen molar-refractivity contribution in [2.24, 2.45) is 0 Å². The van der Waals surface area contributed by atoms with Crippen molar-refractivity contribution in [3.05, 3.63) is 58.8 Å². The van der Waals surface area contributed by atoms with Gasteiger partial charge in [-0.2, -0.15) is 0 Å². The molecule has 2 aromatic heterocycles. The molecule has 0 aliphatic rings. The van der Waals surface area contributed by atoms with E-state index in [2.05, 4.69) is 10.3 Å². The highest BCUT2D eigenvalue weighted by atomic mass is 35.5. The molecule has 118 valence electrons. The number of nitrogens with one attached hydrogen (secondary N) is 1. The quantitative estimate of drug-likeness (QED) is 0.550. The molecule has 0 aliphatic heterocycles. The Morgan fingerprint density at radius 2 is 2.22 bits per heavy atom. The molecule has 0 atom stereocenters. The van der Waals surface area contributed by atoms with Crippen LogP contribution in [0.5, 0.6) is 5.75 Å². The van der Waals surface area contributed by atoms with E-state index in [0.717, 1.165) is 10.7 Å². The monoisotopic (exact) mass is 347 g/mol. The Labute approximate surface area is 142 Å². The second kappa shape index (κ2) is 7.30. The smallest absolute Gasteiger partial charge is 0.244 e. The molecule has 7 heteroatoms. The Morgan fingerprint density at radius 3 is 3.04 bits per heavy atom. The summed E-state index contributed by atoms with van der Waals surface area (Å²) in [6, 6.07) is 9.46. The van der Waals surface area contributed by atoms with Crippen molar-refractivity contribution >= 4 is 39.9 Å². The zero-order valence-corrected chi connectivity index (χ0v) is 13.7. The van der Waals surface area contributed by atoms with Gasteiger partial charge in [0.1, 0.15) is 12.4 Å². The number of amides is 1. The van der Waals surface area contributed by atoms with Crippen molar-refractivity contribution in [2.75, 3.05) is 13.2 Å². The number of hydrogen-bond donors (Lipinski definition) is 1. The largest absolute Gasteiger partial charge is 0.492 e. The Balaban J connectivity index is 1.49. The van der Waals surface area contributed by atoms with Crippen LogP contribution in [0.2, 0.25) is 5.15 Å². The van der Waals surface area contributed by atoms with Crippen LogP contribution in [-0.2, 0) is 4.79 Å². The average molecular weight is 348 g/mol. The summed E-state index contributed by atoms with van der Waals surface area (Å²) >= 11 is 7.55. The van der Waals surface area contributed by atoms with Crippen LogP contribution in [0, 0.1) is 0 Å². The minimum absolute atomic E-state index is 0.206. The first kappa shape index (κ1) is 15.6. The minimum atomic E-state index is -0.206. The van der Waals surface area contributed by atoms with Crippen LogP contribution in [-0.4, -0.2) is 28.4 Å². The number of nitrogens with zero attached hydrogens (tertiary/aromatic N) is 2. The molecule has 0 spiro atoms. The van der Waals surface area contributed by atoms with Crippen LogP contribution in [0.15, 0.2) is 48.0 Å². The van der Waals surface area contributed by atoms with E-state index in [1.54, 1.807) is 6.08 Å². The highest BCUT2D eigenvalue weighted by molar-refractivity contribution is 7.15. The molecule has 0 saturated heterocycles. The van der Waals surface area contributed by atoms with E-state index in [4.69, 9.17) is 16.3 Å². The van der Waals surface area contributed by atoms with E-state index in [0.29, 0.717) is 24.0 Å². The van der Waals surface area contributed by atoms with Crippen LogP contribution >= 0.6 is 22.9 Å². The van der Waals surface area contributed by atoms with Gasteiger partial charge in [0.25, 0.3) is 0 Å². The van der Waals surface area contributed by atoms with Gasteiger partial charge in [-0.3, -0.25) is 9.20 Å². The molecule has 0 fully saturated rings. The molecule has 2 heterocycles. The summed E-state index contributed by atoms with van der Waals surface area (Å²) < 4.78 is 7.34.